The van der Waals surface area contributed by atoms with Crippen molar-refractivity contribution < 1.29 is 13.5 Å². The summed E-state index contributed by atoms with van der Waals surface area (Å²) in [6.45, 7) is 3.91. The number of benzene rings is 3. The van der Waals surface area contributed by atoms with Gasteiger partial charge in [0.2, 0.25) is 0 Å². The van der Waals surface area contributed by atoms with Gasteiger partial charge in [0, 0.05) is 11.1 Å². The molecule has 1 aromatic heterocycles. The first kappa shape index (κ1) is 21.1. The molecule has 7 heteroatoms. The van der Waals surface area contributed by atoms with Crippen LogP contribution >= 0.6 is 0 Å². The van der Waals surface area contributed by atoms with Gasteiger partial charge in [-0.15, -0.1) is 0 Å². The molecule has 160 valence electrons. The Morgan fingerprint density at radius 3 is 2.35 bits per heavy atom. The number of aryl methyl sites for hydroxylation is 2. The Kier molecular flexibility index (Phi) is 5.80. The van der Waals surface area contributed by atoms with Gasteiger partial charge >= 0.3 is 0 Å². The van der Waals surface area contributed by atoms with Crippen molar-refractivity contribution in [3.8, 4) is 0 Å². The van der Waals surface area contributed by atoms with Crippen LogP contribution in [0.15, 0.2) is 83.8 Å². The molecule has 0 bridgehead atoms. The van der Waals surface area contributed by atoms with Crippen molar-refractivity contribution in [2.45, 2.75) is 31.4 Å². The Labute approximate surface area is 182 Å². The molecule has 0 fully saturated rings. The quantitative estimate of drug-likeness (QED) is 0.478. The van der Waals surface area contributed by atoms with Crippen LogP contribution in [-0.4, -0.2) is 36.0 Å². The number of aliphatic hydroxyl groups excluding tert-OH is 1. The number of hydrogen-bond acceptors (Lipinski definition) is 4. The average Bonchev–Trinajstić information content (AvgIpc) is 3.08. The Balaban J connectivity index is 1.77. The Morgan fingerprint density at radius 1 is 0.968 bits per heavy atom. The lowest BCUT2D eigenvalue weighted by molar-refractivity contribution is 0.157. The topological polar surface area (TPSA) is 75.4 Å². The van der Waals surface area contributed by atoms with Crippen LogP contribution in [-0.2, 0) is 16.6 Å². The summed E-state index contributed by atoms with van der Waals surface area (Å²) in [7, 11) is -3.89. The molecule has 4 aromatic rings. The van der Waals surface area contributed by atoms with Gasteiger partial charge in [-0.1, -0.05) is 54.6 Å². The first-order valence-corrected chi connectivity index (χ1v) is 11.5. The molecular formula is C24H25N3O3S. The van der Waals surface area contributed by atoms with Crippen molar-refractivity contribution in [1.29, 1.82) is 0 Å². The van der Waals surface area contributed by atoms with E-state index in [1.807, 2.05) is 56.3 Å². The SMILES string of the molecule is Cc1cc(C)n(CC(O)CN(c2cccc3ccccc23)S(=O)(=O)c2ccccc2)n1. The van der Waals surface area contributed by atoms with Gasteiger partial charge in [0.25, 0.3) is 10.0 Å². The van der Waals surface area contributed by atoms with E-state index >= 15 is 0 Å². The highest BCUT2D eigenvalue weighted by Gasteiger charge is 2.28. The monoisotopic (exact) mass is 435 g/mol. The molecule has 0 spiro atoms. The van der Waals surface area contributed by atoms with Gasteiger partial charge in [-0.2, -0.15) is 5.10 Å². The number of aliphatic hydroxyl groups is 1. The molecule has 0 saturated heterocycles. The van der Waals surface area contributed by atoms with E-state index in [1.54, 1.807) is 41.1 Å². The Morgan fingerprint density at radius 2 is 1.65 bits per heavy atom. The molecule has 0 saturated carbocycles. The highest BCUT2D eigenvalue weighted by Crippen LogP contribution is 2.31. The molecule has 0 aliphatic heterocycles. The van der Waals surface area contributed by atoms with E-state index in [1.165, 1.54) is 4.31 Å². The van der Waals surface area contributed by atoms with Crippen molar-refractivity contribution in [3.63, 3.8) is 0 Å². The highest BCUT2D eigenvalue weighted by atomic mass is 32.2. The second kappa shape index (κ2) is 8.53. The normalized spacial score (nSPS) is 12.7. The fraction of sp³-hybridized carbons (Fsp3) is 0.208. The molecule has 1 unspecified atom stereocenters. The van der Waals surface area contributed by atoms with Crippen LogP contribution < -0.4 is 4.31 Å². The lowest BCUT2D eigenvalue weighted by atomic mass is 10.1. The van der Waals surface area contributed by atoms with E-state index in [4.69, 9.17) is 0 Å². The summed E-state index contributed by atoms with van der Waals surface area (Å²) < 4.78 is 30.3. The molecule has 3 aromatic carbocycles. The standard InChI is InChI=1S/C24H25N3O3S/c1-18-15-19(2)26(25-18)16-21(28)17-27(31(29,30)22-11-4-3-5-12-22)24-14-8-10-20-9-6-7-13-23(20)24/h3-15,21,28H,16-17H2,1-2H3. The third-order valence-corrected chi connectivity index (χ3v) is 7.02. The fourth-order valence-corrected chi connectivity index (χ4v) is 5.32. The second-order valence-electron chi connectivity index (χ2n) is 7.61. The van der Waals surface area contributed by atoms with E-state index in [9.17, 15) is 13.5 Å². The maximum absolute atomic E-state index is 13.6. The van der Waals surface area contributed by atoms with Gasteiger partial charge in [0.1, 0.15) is 0 Å². The third-order valence-electron chi connectivity index (χ3n) is 5.23. The summed E-state index contributed by atoms with van der Waals surface area (Å²) in [6, 6.07) is 23.4. The summed E-state index contributed by atoms with van der Waals surface area (Å²) in [6.07, 6.45) is -0.949. The van der Waals surface area contributed by atoms with Crippen molar-refractivity contribution in [3.05, 3.63) is 90.3 Å². The van der Waals surface area contributed by atoms with Crippen molar-refractivity contribution in [2.75, 3.05) is 10.8 Å². The minimum absolute atomic E-state index is 0.0937. The van der Waals surface area contributed by atoms with E-state index < -0.39 is 16.1 Å². The van der Waals surface area contributed by atoms with E-state index in [0.29, 0.717) is 5.69 Å². The maximum atomic E-state index is 13.6. The number of fused-ring (bicyclic) bond motifs is 1. The molecule has 0 amide bonds. The van der Waals surface area contributed by atoms with Gasteiger partial charge in [-0.3, -0.25) is 8.99 Å². The molecule has 0 radical (unpaired) electrons. The second-order valence-corrected chi connectivity index (χ2v) is 9.47. The maximum Gasteiger partial charge on any atom is 0.264 e. The Bertz CT molecular complexity index is 1290. The van der Waals surface area contributed by atoms with Crippen LogP contribution in [0.25, 0.3) is 10.8 Å². The smallest absolute Gasteiger partial charge is 0.264 e. The number of rotatable bonds is 7. The van der Waals surface area contributed by atoms with Gasteiger partial charge < -0.3 is 5.11 Å². The predicted octanol–water partition coefficient (Wildman–Crippen LogP) is 3.91. The zero-order chi connectivity index (χ0) is 22.0. The van der Waals surface area contributed by atoms with Gasteiger partial charge in [0.15, 0.2) is 0 Å². The zero-order valence-electron chi connectivity index (χ0n) is 17.5. The van der Waals surface area contributed by atoms with Crippen molar-refractivity contribution in [1.82, 2.24) is 9.78 Å². The lowest BCUT2D eigenvalue weighted by Gasteiger charge is -2.28. The molecule has 1 heterocycles. The molecule has 1 N–H and O–H groups in total. The van der Waals surface area contributed by atoms with Crippen LogP contribution in [0.3, 0.4) is 0 Å². The van der Waals surface area contributed by atoms with Crippen LogP contribution in [0.1, 0.15) is 11.4 Å². The highest BCUT2D eigenvalue weighted by molar-refractivity contribution is 7.92. The number of sulfonamides is 1. The first-order chi connectivity index (χ1) is 14.9. The summed E-state index contributed by atoms with van der Waals surface area (Å²) in [5.74, 6) is 0. The molecule has 6 nitrogen and oxygen atoms in total. The number of anilines is 1. The summed E-state index contributed by atoms with van der Waals surface area (Å²) in [5, 5.41) is 17.0. The lowest BCUT2D eigenvalue weighted by Crippen LogP contribution is -2.39. The molecule has 1 atom stereocenters. The first-order valence-electron chi connectivity index (χ1n) is 10.1. The van der Waals surface area contributed by atoms with Crippen LogP contribution in [0.2, 0.25) is 0 Å². The summed E-state index contributed by atoms with van der Waals surface area (Å²) >= 11 is 0. The molecule has 0 aliphatic carbocycles. The number of nitrogens with zero attached hydrogens (tertiary/aromatic N) is 3. The van der Waals surface area contributed by atoms with E-state index in [2.05, 4.69) is 5.10 Å². The minimum atomic E-state index is -3.89. The van der Waals surface area contributed by atoms with Crippen LogP contribution in [0.5, 0.6) is 0 Å². The number of aromatic nitrogens is 2. The Hall–Kier alpha value is -3.16. The molecule has 0 aliphatic rings. The zero-order valence-corrected chi connectivity index (χ0v) is 18.3. The molecule has 31 heavy (non-hydrogen) atoms. The summed E-state index contributed by atoms with van der Waals surface area (Å²) in [5.41, 5.74) is 2.31. The van der Waals surface area contributed by atoms with Gasteiger partial charge in [0.05, 0.1) is 35.5 Å². The molecular weight excluding hydrogens is 410 g/mol. The van der Waals surface area contributed by atoms with Gasteiger partial charge in [-0.25, -0.2) is 8.42 Å². The van der Waals surface area contributed by atoms with Crippen molar-refractivity contribution in [2.24, 2.45) is 0 Å². The van der Waals surface area contributed by atoms with Crippen molar-refractivity contribution >= 4 is 26.5 Å². The minimum Gasteiger partial charge on any atom is -0.389 e. The fourth-order valence-electron chi connectivity index (χ4n) is 3.78. The molecule has 4 rings (SSSR count). The number of hydrogen-bond donors (Lipinski definition) is 1. The van der Waals surface area contributed by atoms with Crippen LogP contribution in [0, 0.1) is 13.8 Å². The van der Waals surface area contributed by atoms with E-state index in [0.717, 1.165) is 22.2 Å². The van der Waals surface area contributed by atoms with E-state index in [-0.39, 0.29) is 18.0 Å². The van der Waals surface area contributed by atoms with Crippen LogP contribution in [0.4, 0.5) is 5.69 Å². The average molecular weight is 436 g/mol. The predicted molar refractivity (Wildman–Crippen MR) is 123 cm³/mol. The van der Waals surface area contributed by atoms with Gasteiger partial charge in [-0.05, 0) is 43.5 Å². The largest absolute Gasteiger partial charge is 0.389 e. The summed E-state index contributed by atoms with van der Waals surface area (Å²) in [4.78, 5) is 0.182. The third kappa shape index (κ3) is 4.33.